The summed E-state index contributed by atoms with van der Waals surface area (Å²) in [6.45, 7) is 2.31. The standard InChI is InChI=1S/C26H25F3N2O3S3/c1-2-33-24(32)15-19-9-11-23(37-19)21-16-36-25(31-21)30-17-8-10-22(20(14-17)26(27,28)29)34-12-4-3-6-18-7-5-13-35-18/h5,7-11,13-14,16H,2-4,6,12,15H2,1H3,(H,30,31). The number of carbonyl (C=O) groups is 1. The fourth-order valence-electron chi connectivity index (χ4n) is 3.53. The number of anilines is 2. The second-order valence-electron chi connectivity index (χ2n) is 8.00. The highest BCUT2D eigenvalue weighted by molar-refractivity contribution is 7.17. The number of hydrogen-bond donors (Lipinski definition) is 1. The number of hydrogen-bond acceptors (Lipinski definition) is 8. The second kappa shape index (κ2) is 12.6. The molecule has 11 heteroatoms. The van der Waals surface area contributed by atoms with Crippen molar-refractivity contribution in [2.24, 2.45) is 0 Å². The van der Waals surface area contributed by atoms with E-state index in [1.54, 1.807) is 24.3 Å². The van der Waals surface area contributed by atoms with Gasteiger partial charge in [-0.3, -0.25) is 4.79 Å². The maximum absolute atomic E-state index is 13.7. The van der Waals surface area contributed by atoms with Gasteiger partial charge < -0.3 is 14.8 Å². The summed E-state index contributed by atoms with van der Waals surface area (Å²) in [7, 11) is 0. The number of aromatic nitrogens is 1. The lowest BCUT2D eigenvalue weighted by atomic mass is 10.1. The van der Waals surface area contributed by atoms with E-state index >= 15 is 0 Å². The number of ether oxygens (including phenoxy) is 2. The summed E-state index contributed by atoms with van der Waals surface area (Å²) in [5.41, 5.74) is 0.132. The molecule has 0 unspecified atom stereocenters. The third-order valence-electron chi connectivity index (χ3n) is 5.23. The first-order valence-electron chi connectivity index (χ1n) is 11.7. The zero-order valence-corrected chi connectivity index (χ0v) is 22.4. The minimum Gasteiger partial charge on any atom is -0.493 e. The molecule has 0 saturated heterocycles. The van der Waals surface area contributed by atoms with E-state index in [1.165, 1.54) is 33.6 Å². The predicted octanol–water partition coefficient (Wildman–Crippen LogP) is 8.20. The van der Waals surface area contributed by atoms with Crippen molar-refractivity contribution in [1.29, 1.82) is 0 Å². The first-order chi connectivity index (χ1) is 17.8. The molecule has 3 aromatic heterocycles. The van der Waals surface area contributed by atoms with Crippen molar-refractivity contribution < 1.29 is 27.4 Å². The number of thiazole rings is 1. The largest absolute Gasteiger partial charge is 0.493 e. The normalized spacial score (nSPS) is 11.5. The van der Waals surface area contributed by atoms with Crippen LogP contribution in [-0.4, -0.2) is 24.2 Å². The summed E-state index contributed by atoms with van der Waals surface area (Å²) in [6.07, 6.45) is -1.95. The van der Waals surface area contributed by atoms with Crippen molar-refractivity contribution in [2.45, 2.75) is 38.8 Å². The molecule has 1 N–H and O–H groups in total. The monoisotopic (exact) mass is 566 g/mol. The molecule has 0 bridgehead atoms. The number of thiophene rings is 2. The predicted molar refractivity (Wildman–Crippen MR) is 143 cm³/mol. The van der Waals surface area contributed by atoms with Gasteiger partial charge in [0.05, 0.1) is 35.8 Å². The molecule has 0 spiro atoms. The third-order valence-corrected chi connectivity index (χ3v) is 8.04. The first-order valence-corrected chi connectivity index (χ1v) is 14.2. The van der Waals surface area contributed by atoms with Crippen molar-refractivity contribution in [3.63, 3.8) is 0 Å². The number of rotatable bonds is 12. The van der Waals surface area contributed by atoms with Crippen LogP contribution in [0.3, 0.4) is 0 Å². The van der Waals surface area contributed by atoms with E-state index in [-0.39, 0.29) is 30.4 Å². The van der Waals surface area contributed by atoms with Crippen LogP contribution in [0.2, 0.25) is 0 Å². The van der Waals surface area contributed by atoms with Crippen LogP contribution >= 0.6 is 34.0 Å². The van der Waals surface area contributed by atoms with E-state index in [4.69, 9.17) is 9.47 Å². The smallest absolute Gasteiger partial charge is 0.420 e. The number of alkyl halides is 3. The molecule has 4 rings (SSSR count). The van der Waals surface area contributed by atoms with E-state index in [1.807, 2.05) is 35.0 Å². The summed E-state index contributed by atoms with van der Waals surface area (Å²) in [4.78, 5) is 19.2. The lowest BCUT2D eigenvalue weighted by Crippen LogP contribution is -2.10. The van der Waals surface area contributed by atoms with Crippen LogP contribution in [0.25, 0.3) is 10.6 Å². The Morgan fingerprint density at radius 3 is 2.70 bits per heavy atom. The molecule has 0 aliphatic rings. The van der Waals surface area contributed by atoms with Gasteiger partial charge in [0, 0.05) is 20.8 Å². The van der Waals surface area contributed by atoms with Gasteiger partial charge in [0.2, 0.25) is 0 Å². The van der Waals surface area contributed by atoms with E-state index in [0.717, 1.165) is 28.7 Å². The molecule has 37 heavy (non-hydrogen) atoms. The number of aryl methyl sites for hydroxylation is 1. The van der Waals surface area contributed by atoms with Gasteiger partial charge in [-0.25, -0.2) is 4.98 Å². The molecule has 0 atom stereocenters. The number of benzene rings is 1. The highest BCUT2D eigenvalue weighted by Crippen LogP contribution is 2.39. The average molecular weight is 567 g/mol. The molecular weight excluding hydrogens is 541 g/mol. The number of unbranched alkanes of at least 4 members (excludes halogenated alkanes) is 1. The zero-order chi connectivity index (χ0) is 26.3. The fourth-order valence-corrected chi connectivity index (χ4v) is 6.04. The quantitative estimate of drug-likeness (QED) is 0.138. The van der Waals surface area contributed by atoms with Gasteiger partial charge in [-0.15, -0.1) is 34.0 Å². The van der Waals surface area contributed by atoms with Gasteiger partial charge in [0.25, 0.3) is 0 Å². The van der Waals surface area contributed by atoms with Crippen molar-refractivity contribution in [3.8, 4) is 16.3 Å². The molecule has 196 valence electrons. The summed E-state index contributed by atoms with van der Waals surface area (Å²) in [5.74, 6) is -0.468. The Balaban J connectivity index is 1.37. The van der Waals surface area contributed by atoms with Gasteiger partial charge in [0.1, 0.15) is 5.75 Å². The molecule has 4 aromatic rings. The van der Waals surface area contributed by atoms with Crippen LogP contribution in [0.15, 0.2) is 53.2 Å². The maximum Gasteiger partial charge on any atom is 0.420 e. The van der Waals surface area contributed by atoms with E-state index in [2.05, 4.69) is 10.3 Å². The Labute approximate surface area is 224 Å². The Kier molecular flexibility index (Phi) is 9.23. The van der Waals surface area contributed by atoms with Crippen LogP contribution in [0.5, 0.6) is 5.75 Å². The van der Waals surface area contributed by atoms with Crippen molar-refractivity contribution in [2.75, 3.05) is 18.5 Å². The first kappa shape index (κ1) is 27.2. The van der Waals surface area contributed by atoms with Crippen LogP contribution in [-0.2, 0) is 28.5 Å². The average Bonchev–Trinajstić information content (AvgIpc) is 3.61. The highest BCUT2D eigenvalue weighted by Gasteiger charge is 2.34. The van der Waals surface area contributed by atoms with Gasteiger partial charge in [-0.2, -0.15) is 13.2 Å². The minimum atomic E-state index is -4.55. The Bertz CT molecular complexity index is 1300. The molecule has 3 heterocycles. The molecule has 5 nitrogen and oxygen atoms in total. The van der Waals surface area contributed by atoms with Gasteiger partial charge in [-0.05, 0) is 68.0 Å². The number of esters is 1. The lowest BCUT2D eigenvalue weighted by molar-refractivity contribution is -0.142. The van der Waals surface area contributed by atoms with Gasteiger partial charge in [0.15, 0.2) is 5.13 Å². The number of nitrogens with zero attached hydrogens (tertiary/aromatic N) is 1. The topological polar surface area (TPSA) is 60.5 Å². The van der Waals surface area contributed by atoms with Crippen molar-refractivity contribution in [1.82, 2.24) is 4.98 Å². The summed E-state index contributed by atoms with van der Waals surface area (Å²) in [5, 5.41) is 7.26. The van der Waals surface area contributed by atoms with Crippen molar-refractivity contribution in [3.05, 3.63) is 68.5 Å². The number of halogens is 3. The molecular formula is C26H25F3N2O3S3. The van der Waals surface area contributed by atoms with Gasteiger partial charge >= 0.3 is 12.1 Å². The lowest BCUT2D eigenvalue weighted by Gasteiger charge is -2.15. The Morgan fingerprint density at radius 2 is 1.95 bits per heavy atom. The van der Waals surface area contributed by atoms with Crippen molar-refractivity contribution >= 4 is 50.8 Å². The number of nitrogens with one attached hydrogen (secondary N) is 1. The maximum atomic E-state index is 13.7. The SMILES string of the molecule is CCOC(=O)Cc1ccc(-c2csc(Nc3ccc(OCCCCc4cccs4)c(C(F)(F)F)c3)n2)s1. The Hall–Kier alpha value is -2.89. The molecule has 0 saturated carbocycles. The van der Waals surface area contributed by atoms with Gasteiger partial charge in [-0.1, -0.05) is 6.07 Å². The fraction of sp³-hybridized carbons (Fsp3) is 0.308. The van der Waals surface area contributed by atoms with Crippen LogP contribution in [0.1, 0.15) is 35.1 Å². The molecule has 1 aromatic carbocycles. The zero-order valence-electron chi connectivity index (χ0n) is 20.0. The summed E-state index contributed by atoms with van der Waals surface area (Å²) < 4.78 is 51.7. The summed E-state index contributed by atoms with van der Waals surface area (Å²) in [6, 6.07) is 11.7. The van der Waals surface area contributed by atoms with Crippen LogP contribution in [0.4, 0.5) is 24.0 Å². The second-order valence-corrected chi connectivity index (χ2v) is 11.1. The van der Waals surface area contributed by atoms with Crippen LogP contribution < -0.4 is 10.1 Å². The number of carbonyl (C=O) groups excluding carboxylic acids is 1. The summed E-state index contributed by atoms with van der Waals surface area (Å²) >= 11 is 4.39. The van der Waals surface area contributed by atoms with Crippen LogP contribution in [0, 0.1) is 0 Å². The molecule has 0 aliphatic carbocycles. The Morgan fingerprint density at radius 1 is 1.08 bits per heavy atom. The molecule has 0 amide bonds. The minimum absolute atomic E-state index is 0.179. The molecule has 0 radical (unpaired) electrons. The van der Waals surface area contributed by atoms with E-state index in [0.29, 0.717) is 23.9 Å². The molecule has 0 aliphatic heterocycles. The molecule has 0 fully saturated rings. The highest BCUT2D eigenvalue weighted by atomic mass is 32.1. The van der Waals surface area contributed by atoms with E-state index in [9.17, 15) is 18.0 Å². The third kappa shape index (κ3) is 7.80. The van der Waals surface area contributed by atoms with E-state index < -0.39 is 11.7 Å².